The highest BCUT2D eigenvalue weighted by Gasteiger charge is 2.08. The predicted molar refractivity (Wildman–Crippen MR) is 58.6 cm³/mol. The normalized spacial score (nSPS) is 17.4. The maximum absolute atomic E-state index is 3.23. The van der Waals surface area contributed by atoms with Crippen molar-refractivity contribution < 1.29 is 0 Å². The summed E-state index contributed by atoms with van der Waals surface area (Å²) in [5, 5.41) is 4.03. The Bertz CT molecular complexity index is 329. The second-order valence-electron chi connectivity index (χ2n) is 3.57. The summed E-state index contributed by atoms with van der Waals surface area (Å²) in [4.78, 5) is 0. The first-order chi connectivity index (χ1) is 6.75. The van der Waals surface area contributed by atoms with Crippen molar-refractivity contribution in [3.63, 3.8) is 0 Å². The van der Waals surface area contributed by atoms with Crippen LogP contribution in [0.1, 0.15) is 5.56 Å². The van der Waals surface area contributed by atoms with Gasteiger partial charge in [-0.1, -0.05) is 23.8 Å². The molecule has 0 atom stereocenters. The zero-order valence-corrected chi connectivity index (χ0v) is 8.57. The van der Waals surface area contributed by atoms with E-state index in [4.69, 9.17) is 0 Å². The third-order valence-electron chi connectivity index (χ3n) is 2.22. The van der Waals surface area contributed by atoms with Crippen LogP contribution in [0.15, 0.2) is 36.5 Å². The van der Waals surface area contributed by atoms with Crippen LogP contribution in [0.5, 0.6) is 0 Å². The number of anilines is 1. The van der Waals surface area contributed by atoms with Gasteiger partial charge in [0.05, 0.1) is 5.69 Å². The number of aryl methyl sites for hydroxylation is 1. The number of benzene rings is 1. The monoisotopic (exact) mass is 189 g/mol. The first-order valence-corrected chi connectivity index (χ1v) is 4.76. The Morgan fingerprint density at radius 2 is 1.93 bits per heavy atom. The van der Waals surface area contributed by atoms with Gasteiger partial charge in [0.25, 0.3) is 0 Å². The molecule has 14 heavy (non-hydrogen) atoms. The standard InChI is InChI=1S/C11H15N3/c1-10-4-6-11(7-5-10)14-9-3-8-13(2)12-14/h3-7,9,12H,8H2,1-2H3. The predicted octanol–water partition coefficient (Wildman–Crippen LogP) is 1.68. The van der Waals surface area contributed by atoms with Gasteiger partial charge < -0.3 is 0 Å². The Balaban J connectivity index is 2.18. The number of nitrogens with zero attached hydrogens (tertiary/aromatic N) is 2. The fraction of sp³-hybridized carbons (Fsp3) is 0.273. The molecule has 3 heteroatoms. The first kappa shape index (κ1) is 9.24. The minimum absolute atomic E-state index is 0.933. The molecule has 0 saturated carbocycles. The van der Waals surface area contributed by atoms with Gasteiger partial charge in [-0.2, -0.15) is 5.53 Å². The SMILES string of the molecule is Cc1ccc(N2C=CCN(C)N2)cc1. The van der Waals surface area contributed by atoms with Crippen LogP contribution >= 0.6 is 0 Å². The molecule has 0 aliphatic carbocycles. The van der Waals surface area contributed by atoms with Crippen molar-refractivity contribution in [3.05, 3.63) is 42.1 Å². The molecular formula is C11H15N3. The second-order valence-corrected chi connectivity index (χ2v) is 3.57. The van der Waals surface area contributed by atoms with Gasteiger partial charge >= 0.3 is 0 Å². The maximum Gasteiger partial charge on any atom is 0.0584 e. The molecule has 1 N–H and O–H groups in total. The van der Waals surface area contributed by atoms with E-state index in [1.165, 1.54) is 5.56 Å². The number of rotatable bonds is 1. The lowest BCUT2D eigenvalue weighted by atomic mass is 10.2. The number of hydrazine groups is 2. The molecule has 1 aromatic rings. The Morgan fingerprint density at radius 1 is 1.21 bits per heavy atom. The smallest absolute Gasteiger partial charge is 0.0584 e. The van der Waals surface area contributed by atoms with Crippen molar-refractivity contribution >= 4 is 5.69 Å². The fourth-order valence-corrected chi connectivity index (χ4v) is 1.42. The summed E-state index contributed by atoms with van der Waals surface area (Å²) in [6.45, 7) is 3.03. The van der Waals surface area contributed by atoms with E-state index in [1.807, 2.05) is 23.3 Å². The average Bonchev–Trinajstić information content (AvgIpc) is 2.19. The Labute approximate surface area is 84.6 Å². The summed E-state index contributed by atoms with van der Waals surface area (Å²) in [5.41, 5.74) is 5.66. The molecule has 1 aliphatic heterocycles. The highest BCUT2D eigenvalue weighted by Crippen LogP contribution is 2.14. The molecule has 74 valence electrons. The molecule has 0 spiro atoms. The number of likely N-dealkylation sites (N-methyl/N-ethyl adjacent to an activating group) is 1. The van der Waals surface area contributed by atoms with Gasteiger partial charge in [0.1, 0.15) is 0 Å². The highest BCUT2D eigenvalue weighted by atomic mass is 15.7. The van der Waals surface area contributed by atoms with Crippen LogP contribution in [-0.4, -0.2) is 18.6 Å². The van der Waals surface area contributed by atoms with Crippen molar-refractivity contribution in [2.45, 2.75) is 6.92 Å². The molecule has 1 aliphatic rings. The lowest BCUT2D eigenvalue weighted by Gasteiger charge is -2.30. The maximum atomic E-state index is 3.23. The minimum atomic E-state index is 0.933. The zero-order valence-electron chi connectivity index (χ0n) is 8.57. The molecule has 3 nitrogen and oxygen atoms in total. The van der Waals surface area contributed by atoms with Crippen molar-refractivity contribution in [1.82, 2.24) is 10.5 Å². The molecule has 2 rings (SSSR count). The van der Waals surface area contributed by atoms with Gasteiger partial charge in [0.2, 0.25) is 0 Å². The van der Waals surface area contributed by atoms with Crippen LogP contribution in [0, 0.1) is 6.92 Å². The Hall–Kier alpha value is -1.32. The topological polar surface area (TPSA) is 18.5 Å². The molecule has 0 saturated heterocycles. The summed E-state index contributed by atoms with van der Waals surface area (Å²) in [6.07, 6.45) is 4.17. The first-order valence-electron chi connectivity index (χ1n) is 4.76. The van der Waals surface area contributed by atoms with E-state index in [9.17, 15) is 0 Å². The molecule has 0 bridgehead atoms. The van der Waals surface area contributed by atoms with Gasteiger partial charge in [-0.15, -0.1) is 0 Å². The Kier molecular flexibility index (Phi) is 2.52. The number of nitrogens with one attached hydrogen (secondary N) is 1. The quantitative estimate of drug-likeness (QED) is 0.725. The molecule has 0 radical (unpaired) electrons. The largest absolute Gasteiger partial charge is 0.271 e. The van der Waals surface area contributed by atoms with E-state index < -0.39 is 0 Å². The lowest BCUT2D eigenvalue weighted by molar-refractivity contribution is 0.250. The van der Waals surface area contributed by atoms with Gasteiger partial charge in [-0.3, -0.25) is 5.01 Å². The summed E-state index contributed by atoms with van der Waals surface area (Å²) < 4.78 is 0. The van der Waals surface area contributed by atoms with E-state index in [0.29, 0.717) is 0 Å². The summed E-state index contributed by atoms with van der Waals surface area (Å²) in [6, 6.07) is 8.43. The van der Waals surface area contributed by atoms with Crippen LogP contribution in [0.2, 0.25) is 0 Å². The van der Waals surface area contributed by atoms with E-state index in [0.717, 1.165) is 12.2 Å². The van der Waals surface area contributed by atoms with Gasteiger partial charge in [-0.05, 0) is 19.1 Å². The second kappa shape index (κ2) is 3.82. The van der Waals surface area contributed by atoms with Crippen molar-refractivity contribution in [2.75, 3.05) is 18.6 Å². The van der Waals surface area contributed by atoms with E-state index in [-0.39, 0.29) is 0 Å². The minimum Gasteiger partial charge on any atom is -0.271 e. The zero-order chi connectivity index (χ0) is 9.97. The van der Waals surface area contributed by atoms with Crippen LogP contribution in [0.4, 0.5) is 5.69 Å². The van der Waals surface area contributed by atoms with E-state index >= 15 is 0 Å². The van der Waals surface area contributed by atoms with Crippen molar-refractivity contribution in [3.8, 4) is 0 Å². The average molecular weight is 189 g/mol. The lowest BCUT2D eigenvalue weighted by Crippen LogP contribution is -2.48. The van der Waals surface area contributed by atoms with Crippen molar-refractivity contribution in [1.29, 1.82) is 0 Å². The van der Waals surface area contributed by atoms with Gasteiger partial charge in [-0.25, -0.2) is 5.01 Å². The van der Waals surface area contributed by atoms with Crippen molar-refractivity contribution in [2.24, 2.45) is 0 Å². The van der Waals surface area contributed by atoms with Gasteiger partial charge in [0, 0.05) is 19.8 Å². The summed E-state index contributed by atoms with van der Waals surface area (Å²) >= 11 is 0. The molecular weight excluding hydrogens is 174 g/mol. The molecule has 1 aromatic carbocycles. The van der Waals surface area contributed by atoms with Crippen LogP contribution in [0.3, 0.4) is 0 Å². The summed E-state index contributed by atoms with van der Waals surface area (Å²) in [7, 11) is 2.02. The molecule has 1 heterocycles. The fourth-order valence-electron chi connectivity index (χ4n) is 1.42. The Morgan fingerprint density at radius 3 is 2.57 bits per heavy atom. The van der Waals surface area contributed by atoms with Crippen LogP contribution < -0.4 is 10.5 Å². The number of hydrogen-bond acceptors (Lipinski definition) is 3. The molecule has 0 amide bonds. The molecule has 0 fully saturated rings. The summed E-state index contributed by atoms with van der Waals surface area (Å²) in [5.74, 6) is 0. The third kappa shape index (κ3) is 1.95. The molecule has 0 aromatic heterocycles. The van der Waals surface area contributed by atoms with E-state index in [2.05, 4.69) is 42.8 Å². The van der Waals surface area contributed by atoms with E-state index in [1.54, 1.807) is 0 Å². The third-order valence-corrected chi connectivity index (χ3v) is 2.22. The van der Waals surface area contributed by atoms with Crippen LogP contribution in [-0.2, 0) is 0 Å². The molecule has 0 unspecified atom stereocenters. The highest BCUT2D eigenvalue weighted by molar-refractivity contribution is 5.49. The number of hydrogen-bond donors (Lipinski definition) is 1. The van der Waals surface area contributed by atoms with Crippen LogP contribution in [0.25, 0.3) is 0 Å². The van der Waals surface area contributed by atoms with Gasteiger partial charge in [0.15, 0.2) is 0 Å².